The van der Waals surface area contributed by atoms with Crippen molar-refractivity contribution in [3.05, 3.63) is 101 Å². The average molecular weight is 1520 g/mol. The summed E-state index contributed by atoms with van der Waals surface area (Å²) >= 11 is 0. The molecule has 107 heavy (non-hydrogen) atoms. The zero-order valence-electron chi connectivity index (χ0n) is 59.7. The number of nitrogens with two attached hydrogens (primary N) is 5. The first-order valence-electron chi connectivity index (χ1n) is 35.5. The first-order chi connectivity index (χ1) is 51.0. The number of aromatic amines is 1. The maximum atomic E-state index is 15.3. The van der Waals surface area contributed by atoms with Crippen molar-refractivity contribution in [3.8, 4) is 5.75 Å². The number of hydrogen-bond donors (Lipinski definition) is 18. The molecule has 7 rings (SSSR count). The molecule has 3 fully saturated rings. The van der Waals surface area contributed by atoms with Gasteiger partial charge in [0, 0.05) is 99.2 Å². The second kappa shape index (κ2) is 41.4. The highest BCUT2D eigenvalue weighted by atomic mass is 33.1. The van der Waals surface area contributed by atoms with E-state index >= 15 is 14.4 Å². The number of primary amides is 2. The SMILES string of the molecule is Cc1ccc(C[C@@H]2NC(=O)[C@H](C3CCCC3)NC(=O)[C@@H](NC(=O)[C@H](Cc3ccc(O)cc3)NC(=O)[C@@H]3CCCN3C(=O)C[C@@H](C)N)CSSC[C@H](C(N)=O)NC(=O)[C@H](CCC(=O)O)NC(=O)[C@H](Cc3c[nH]c4ccccc34)NC(=O)[C@H](CCC(N)=O)NC(=O)CCNC(=O)[C@H](CCCN=C(N)N)NC2=O)cc1. The highest BCUT2D eigenvalue weighted by Gasteiger charge is 2.41. The number of benzene rings is 3. The lowest BCUT2D eigenvalue weighted by Crippen LogP contribution is -2.61. The molecule has 4 aromatic rings. The Balaban J connectivity index is 1.28. The molecule has 23 N–H and O–H groups in total. The predicted octanol–water partition coefficient (Wildman–Crippen LogP) is -1.94. The van der Waals surface area contributed by atoms with Crippen molar-refractivity contribution in [1.82, 2.24) is 63.1 Å². The number of carbonyl (C=O) groups excluding carboxylic acids is 13. The summed E-state index contributed by atoms with van der Waals surface area (Å²) in [5.74, 6) is -14.4. The number of carboxylic acid groups (broad SMARTS) is 1. The van der Waals surface area contributed by atoms with Gasteiger partial charge in [0.25, 0.3) is 0 Å². The fourth-order valence-electron chi connectivity index (χ4n) is 12.7. The van der Waals surface area contributed by atoms with Crippen LogP contribution in [0.1, 0.15) is 119 Å². The van der Waals surface area contributed by atoms with E-state index in [2.05, 4.69) is 63.1 Å². The van der Waals surface area contributed by atoms with Crippen LogP contribution in [-0.2, 0) is 86.4 Å². The molecular weight excluding hydrogens is 1430 g/mol. The average Bonchev–Trinajstić information content (AvgIpc) is 1.74. The van der Waals surface area contributed by atoms with E-state index in [-0.39, 0.29) is 87.2 Å². The molecule has 0 bridgehead atoms. The Morgan fingerprint density at radius 3 is 1.93 bits per heavy atom. The summed E-state index contributed by atoms with van der Waals surface area (Å²) in [6.45, 7) is 3.33. The third-order valence-corrected chi connectivity index (χ3v) is 20.9. The number of phenolic OH excluding ortho intramolecular Hbond substituents is 1. The second-order valence-electron chi connectivity index (χ2n) is 27.0. The number of aromatic nitrogens is 1. The number of amides is 13. The molecule has 36 heteroatoms. The van der Waals surface area contributed by atoms with E-state index in [1.807, 2.05) is 6.92 Å². The number of para-hydroxylation sites is 1. The van der Waals surface area contributed by atoms with Gasteiger partial charge < -0.3 is 102 Å². The molecule has 0 unspecified atom stereocenters. The first-order valence-corrected chi connectivity index (χ1v) is 38.0. The van der Waals surface area contributed by atoms with Crippen LogP contribution in [0, 0.1) is 12.8 Å². The Bertz CT molecular complexity index is 3850. The van der Waals surface area contributed by atoms with Crippen LogP contribution in [0.4, 0.5) is 0 Å². The number of rotatable bonds is 24. The van der Waals surface area contributed by atoms with Crippen molar-refractivity contribution in [1.29, 1.82) is 0 Å². The minimum atomic E-state index is -1.74. The van der Waals surface area contributed by atoms with Crippen LogP contribution in [0.2, 0.25) is 0 Å². The molecule has 3 aliphatic rings. The number of carboxylic acids is 1. The summed E-state index contributed by atoms with van der Waals surface area (Å²) in [6, 6.07) is 4.43. The van der Waals surface area contributed by atoms with Gasteiger partial charge in [-0.05, 0) is 106 Å². The number of hydrogen-bond acceptors (Lipinski definition) is 19. The van der Waals surface area contributed by atoms with Crippen LogP contribution < -0.4 is 81.8 Å². The number of aliphatic imine (C=N–C) groups is 1. The molecule has 0 spiro atoms. The maximum Gasteiger partial charge on any atom is 0.303 e. The lowest BCUT2D eigenvalue weighted by molar-refractivity contribution is -0.140. The maximum absolute atomic E-state index is 15.3. The molecule has 2 aliphatic heterocycles. The zero-order valence-corrected chi connectivity index (χ0v) is 61.3. The first kappa shape index (κ1) is 83.8. The van der Waals surface area contributed by atoms with E-state index in [9.17, 15) is 63.0 Å². The van der Waals surface area contributed by atoms with Gasteiger partial charge in [0.05, 0.1) is 0 Å². The number of aromatic hydroxyl groups is 1. The van der Waals surface area contributed by atoms with Crippen LogP contribution in [0.3, 0.4) is 0 Å². The largest absolute Gasteiger partial charge is 0.508 e. The van der Waals surface area contributed by atoms with Gasteiger partial charge in [0.2, 0.25) is 76.8 Å². The Morgan fingerprint density at radius 1 is 0.664 bits per heavy atom. The van der Waals surface area contributed by atoms with Gasteiger partial charge in [0.1, 0.15) is 66.2 Å². The number of carbonyl (C=O) groups is 14. The molecule has 1 saturated carbocycles. The van der Waals surface area contributed by atoms with Crippen molar-refractivity contribution in [2.75, 3.05) is 31.1 Å². The number of nitrogens with zero attached hydrogens (tertiary/aromatic N) is 2. The monoisotopic (exact) mass is 1520 g/mol. The molecule has 34 nitrogen and oxygen atoms in total. The standard InChI is InChI=1S/C71H98N18O16S2/c1-38-15-17-40(18-16-38)32-51-65(100)81-47(13-7-28-78-71(75)76)62(97)77-29-27-57(92)80-48(23-25-56(73)91)63(98)83-52(34-43-35-79-46-12-6-5-11-45(43)46)67(102)82-49(24-26-59(94)95)64(99)86-53(61(74)96)36-106-107-37-54(68(103)88-60(70(105)85-51)42-9-3-4-10-42)87-66(101)50(33-41-19-21-44(90)22-20-41)84-69(104)55-14-8-30-89(55)58(93)31-39(2)72/h5-6,11-12,15-22,35,39,42,47-55,60,79,90H,3-4,7-10,13-14,23-34,36-37,72H2,1-2H3,(H2,73,91)(H2,74,96)(H,77,97)(H,80,92)(H,81,100)(H,82,102)(H,83,98)(H,84,104)(H,85,105)(H,86,99)(H,87,101)(H,88,103)(H,94,95)(H4,75,76,78)/t39-,47+,48+,49+,50+,51+,52+,53-,54+,55+,60+/m1/s1. The molecule has 580 valence electrons. The van der Waals surface area contributed by atoms with Gasteiger partial charge in [-0.15, -0.1) is 0 Å². The lowest BCUT2D eigenvalue weighted by Gasteiger charge is -2.30. The summed E-state index contributed by atoms with van der Waals surface area (Å²) in [4.78, 5) is 207. The van der Waals surface area contributed by atoms with Gasteiger partial charge in [-0.25, -0.2) is 0 Å². The van der Waals surface area contributed by atoms with Crippen molar-refractivity contribution in [3.63, 3.8) is 0 Å². The van der Waals surface area contributed by atoms with Gasteiger partial charge in [-0.3, -0.25) is 72.1 Å². The van der Waals surface area contributed by atoms with E-state index in [4.69, 9.17) is 28.7 Å². The molecule has 1 aliphatic carbocycles. The smallest absolute Gasteiger partial charge is 0.303 e. The fraction of sp³-hybridized carbons (Fsp3) is 0.507. The van der Waals surface area contributed by atoms with Crippen molar-refractivity contribution in [2.45, 2.75) is 189 Å². The number of phenols is 1. The van der Waals surface area contributed by atoms with Crippen LogP contribution in [0.5, 0.6) is 5.75 Å². The van der Waals surface area contributed by atoms with Gasteiger partial charge in [-0.2, -0.15) is 0 Å². The number of H-pyrrole nitrogens is 1. The van der Waals surface area contributed by atoms with Crippen LogP contribution in [0.25, 0.3) is 10.9 Å². The Kier molecular flexibility index (Phi) is 32.4. The summed E-state index contributed by atoms with van der Waals surface area (Å²) in [7, 11) is 1.77. The molecule has 3 aromatic carbocycles. The van der Waals surface area contributed by atoms with Crippen molar-refractivity contribution >= 4 is 121 Å². The molecule has 13 amide bonds. The van der Waals surface area contributed by atoms with Crippen molar-refractivity contribution in [2.24, 2.45) is 39.6 Å². The molecule has 2 saturated heterocycles. The summed E-state index contributed by atoms with van der Waals surface area (Å²) in [6.07, 6.45) is 1.06. The molecule has 3 heterocycles. The fourth-order valence-corrected chi connectivity index (χ4v) is 15.0. The van der Waals surface area contributed by atoms with E-state index < -0.39 is 188 Å². The third-order valence-electron chi connectivity index (χ3n) is 18.4. The van der Waals surface area contributed by atoms with Crippen LogP contribution in [0.15, 0.2) is 84.0 Å². The summed E-state index contributed by atoms with van der Waals surface area (Å²) < 4.78 is 0. The lowest BCUT2D eigenvalue weighted by atomic mass is 9.95. The number of likely N-dealkylation sites (tertiary alicyclic amines) is 1. The Morgan fingerprint density at radius 2 is 1.27 bits per heavy atom. The highest BCUT2D eigenvalue weighted by molar-refractivity contribution is 8.76. The Hall–Kier alpha value is -10.5. The number of nitrogens with one attached hydrogen (secondary N) is 11. The summed E-state index contributed by atoms with van der Waals surface area (Å²) in [5.41, 5.74) is 31.6. The zero-order chi connectivity index (χ0) is 77.9. The normalized spacial score (nSPS) is 23.1. The van der Waals surface area contributed by atoms with E-state index in [1.54, 1.807) is 61.7 Å². The van der Waals surface area contributed by atoms with E-state index in [0.29, 0.717) is 59.7 Å². The molecule has 1 aromatic heterocycles. The van der Waals surface area contributed by atoms with Crippen molar-refractivity contribution < 1.29 is 77.3 Å². The minimum absolute atomic E-state index is 0.00700. The summed E-state index contributed by atoms with van der Waals surface area (Å²) in [5, 5.41) is 47.5. The minimum Gasteiger partial charge on any atom is -0.508 e. The van der Waals surface area contributed by atoms with E-state index in [0.717, 1.165) is 27.2 Å². The number of aliphatic carboxylic acids is 1. The number of guanidine groups is 1. The van der Waals surface area contributed by atoms with Gasteiger partial charge >= 0.3 is 5.97 Å². The van der Waals surface area contributed by atoms with Gasteiger partial charge in [-0.1, -0.05) is 94.6 Å². The molecular formula is C71H98N18O16S2. The van der Waals surface area contributed by atoms with Crippen LogP contribution in [-0.4, -0.2) is 206 Å². The molecule has 0 radical (unpaired) electrons. The van der Waals surface area contributed by atoms with Gasteiger partial charge in [0.15, 0.2) is 5.96 Å². The predicted molar refractivity (Wildman–Crippen MR) is 398 cm³/mol. The topological polar surface area (TPSA) is 561 Å². The number of fused-ring (bicyclic) bond motifs is 1. The van der Waals surface area contributed by atoms with Crippen LogP contribution >= 0.6 is 21.6 Å². The highest BCUT2D eigenvalue weighted by Crippen LogP contribution is 2.30. The molecule has 11 atom stereocenters. The Labute approximate surface area is 625 Å². The number of aryl methyl sites for hydroxylation is 1. The van der Waals surface area contributed by atoms with E-state index in [1.165, 1.54) is 29.2 Å². The third kappa shape index (κ3) is 26.8. The quantitative estimate of drug-likeness (QED) is 0.0157. The second-order valence-corrected chi connectivity index (χ2v) is 29.6.